The second-order valence-corrected chi connectivity index (χ2v) is 6.55. The Balaban J connectivity index is 2.00. The summed E-state index contributed by atoms with van der Waals surface area (Å²) in [4.78, 5) is 12.7. The van der Waals surface area contributed by atoms with Crippen molar-refractivity contribution in [2.75, 3.05) is 0 Å². The molecule has 1 aliphatic rings. The number of hydrogen-bond donors (Lipinski definition) is 0. The van der Waals surface area contributed by atoms with Gasteiger partial charge in [-0.05, 0) is 46.5 Å². The molecule has 116 valence electrons. The van der Waals surface area contributed by atoms with Gasteiger partial charge in [0.05, 0.1) is 0 Å². The van der Waals surface area contributed by atoms with Crippen LogP contribution in [0, 0.1) is 0 Å². The van der Waals surface area contributed by atoms with Gasteiger partial charge in [0, 0.05) is 21.2 Å². The molecule has 0 heterocycles. The lowest BCUT2D eigenvalue weighted by molar-refractivity contribution is 0.103. The van der Waals surface area contributed by atoms with Crippen molar-refractivity contribution in [1.29, 1.82) is 0 Å². The lowest BCUT2D eigenvalue weighted by Gasteiger charge is -2.21. The van der Waals surface area contributed by atoms with Crippen molar-refractivity contribution in [3.63, 3.8) is 0 Å². The van der Waals surface area contributed by atoms with E-state index in [2.05, 4.69) is 0 Å². The van der Waals surface area contributed by atoms with Gasteiger partial charge < -0.3 is 0 Å². The maximum absolute atomic E-state index is 12.7. The van der Waals surface area contributed by atoms with Gasteiger partial charge in [-0.3, -0.25) is 4.79 Å². The number of carbonyl (C=O) groups excluding carboxylic acids is 1. The van der Waals surface area contributed by atoms with Crippen molar-refractivity contribution in [1.82, 2.24) is 0 Å². The fourth-order valence-electron chi connectivity index (χ4n) is 3.10. The number of fused-ring (bicyclic) bond motifs is 2. The molecule has 0 radical (unpaired) electrons. The molecule has 0 N–H and O–H groups in total. The summed E-state index contributed by atoms with van der Waals surface area (Å²) in [5.41, 5.74) is 5.20. The van der Waals surface area contributed by atoms with E-state index in [-0.39, 0.29) is 5.78 Å². The SMILES string of the molecule is O=C1c2ccccc2C(=Cc2cc(Cl)cc(Cl)c2)c2ccccc21. The quantitative estimate of drug-likeness (QED) is 0.403. The van der Waals surface area contributed by atoms with Gasteiger partial charge in [-0.15, -0.1) is 0 Å². The second kappa shape index (κ2) is 5.94. The molecule has 3 aromatic carbocycles. The average Bonchev–Trinajstić information content (AvgIpc) is 2.58. The molecule has 0 saturated carbocycles. The Kier molecular flexibility index (Phi) is 3.76. The minimum Gasteiger partial charge on any atom is -0.289 e. The zero-order valence-electron chi connectivity index (χ0n) is 12.6. The highest BCUT2D eigenvalue weighted by molar-refractivity contribution is 6.35. The topological polar surface area (TPSA) is 17.1 Å². The van der Waals surface area contributed by atoms with Crippen LogP contribution in [0.1, 0.15) is 32.6 Å². The highest BCUT2D eigenvalue weighted by Gasteiger charge is 2.26. The monoisotopic (exact) mass is 350 g/mol. The van der Waals surface area contributed by atoms with E-state index in [0.717, 1.165) is 33.4 Å². The molecule has 3 aromatic rings. The third-order valence-corrected chi connectivity index (χ3v) is 4.56. The molecule has 0 aliphatic heterocycles. The third kappa shape index (κ3) is 2.56. The van der Waals surface area contributed by atoms with Crippen LogP contribution in [0.15, 0.2) is 66.7 Å². The summed E-state index contributed by atoms with van der Waals surface area (Å²) in [6, 6.07) is 20.8. The van der Waals surface area contributed by atoms with Gasteiger partial charge >= 0.3 is 0 Å². The van der Waals surface area contributed by atoms with Crippen LogP contribution in [0.2, 0.25) is 10.0 Å². The van der Waals surface area contributed by atoms with Crippen molar-refractivity contribution >= 4 is 40.6 Å². The fourth-order valence-corrected chi connectivity index (χ4v) is 3.65. The number of ketones is 1. The average molecular weight is 351 g/mol. The van der Waals surface area contributed by atoms with Crippen molar-refractivity contribution < 1.29 is 4.79 Å². The maximum Gasteiger partial charge on any atom is 0.194 e. The zero-order valence-corrected chi connectivity index (χ0v) is 14.1. The van der Waals surface area contributed by atoms with Gasteiger partial charge in [0.15, 0.2) is 5.78 Å². The first kappa shape index (κ1) is 15.2. The second-order valence-electron chi connectivity index (χ2n) is 5.68. The van der Waals surface area contributed by atoms with Gasteiger partial charge in [0.2, 0.25) is 0 Å². The molecule has 0 spiro atoms. The minimum atomic E-state index is 0.0578. The van der Waals surface area contributed by atoms with E-state index in [1.165, 1.54) is 0 Å². The lowest BCUT2D eigenvalue weighted by Crippen LogP contribution is -2.14. The first-order chi connectivity index (χ1) is 11.6. The standard InChI is InChI=1S/C21H12Cl2O/c22-14-9-13(10-15(23)12-14)11-20-16-5-1-3-7-18(16)21(24)19-8-4-2-6-17(19)20/h1-12H. The molecule has 0 saturated heterocycles. The van der Waals surface area contributed by atoms with Crippen LogP contribution in [0.25, 0.3) is 11.6 Å². The van der Waals surface area contributed by atoms with Gasteiger partial charge in [-0.1, -0.05) is 71.7 Å². The van der Waals surface area contributed by atoms with Gasteiger partial charge in [0.1, 0.15) is 0 Å². The Morgan fingerprint density at radius 1 is 0.667 bits per heavy atom. The van der Waals surface area contributed by atoms with Crippen LogP contribution in [0.5, 0.6) is 0 Å². The highest BCUT2D eigenvalue weighted by Crippen LogP contribution is 2.37. The smallest absolute Gasteiger partial charge is 0.194 e. The molecule has 0 amide bonds. The largest absolute Gasteiger partial charge is 0.289 e. The number of benzene rings is 3. The molecule has 1 nitrogen and oxygen atoms in total. The van der Waals surface area contributed by atoms with Gasteiger partial charge in [0.25, 0.3) is 0 Å². The predicted octanol–water partition coefficient (Wildman–Crippen LogP) is 6.13. The summed E-state index contributed by atoms with van der Waals surface area (Å²) in [7, 11) is 0. The van der Waals surface area contributed by atoms with Gasteiger partial charge in [-0.2, -0.15) is 0 Å². The van der Waals surface area contributed by atoms with E-state index in [9.17, 15) is 4.79 Å². The molecular formula is C21H12Cl2O. The van der Waals surface area contributed by atoms with E-state index in [4.69, 9.17) is 23.2 Å². The number of rotatable bonds is 1. The number of carbonyl (C=O) groups is 1. The molecule has 1 aliphatic carbocycles. The normalized spacial score (nSPS) is 12.6. The van der Waals surface area contributed by atoms with Crippen molar-refractivity contribution in [2.24, 2.45) is 0 Å². The van der Waals surface area contributed by atoms with E-state index < -0.39 is 0 Å². The van der Waals surface area contributed by atoms with E-state index in [0.29, 0.717) is 10.0 Å². The molecule has 0 atom stereocenters. The van der Waals surface area contributed by atoms with Crippen LogP contribution in [-0.2, 0) is 0 Å². The molecule has 4 rings (SSSR count). The fraction of sp³-hybridized carbons (Fsp3) is 0. The summed E-state index contributed by atoms with van der Waals surface area (Å²) in [6.07, 6.45) is 2.03. The van der Waals surface area contributed by atoms with Crippen LogP contribution >= 0.6 is 23.2 Å². The maximum atomic E-state index is 12.7. The van der Waals surface area contributed by atoms with Gasteiger partial charge in [-0.25, -0.2) is 0 Å². The summed E-state index contributed by atoms with van der Waals surface area (Å²) in [5.74, 6) is 0.0578. The summed E-state index contributed by atoms with van der Waals surface area (Å²) >= 11 is 12.2. The molecule has 0 unspecified atom stereocenters. The number of halogens is 2. The first-order valence-corrected chi connectivity index (χ1v) is 8.30. The van der Waals surface area contributed by atoms with E-state index in [1.807, 2.05) is 66.7 Å². The highest BCUT2D eigenvalue weighted by atomic mass is 35.5. The zero-order chi connectivity index (χ0) is 16.7. The molecule has 0 fully saturated rings. The first-order valence-electron chi connectivity index (χ1n) is 7.55. The van der Waals surface area contributed by atoms with Crippen LogP contribution in [0.3, 0.4) is 0 Å². The number of hydrogen-bond acceptors (Lipinski definition) is 1. The summed E-state index contributed by atoms with van der Waals surface area (Å²) in [5, 5.41) is 1.17. The van der Waals surface area contributed by atoms with Crippen molar-refractivity contribution in [2.45, 2.75) is 0 Å². The van der Waals surface area contributed by atoms with Crippen LogP contribution < -0.4 is 0 Å². The summed E-state index contributed by atoms with van der Waals surface area (Å²) < 4.78 is 0. The molecular weight excluding hydrogens is 339 g/mol. The van der Waals surface area contributed by atoms with Crippen LogP contribution in [0.4, 0.5) is 0 Å². The van der Waals surface area contributed by atoms with Crippen LogP contribution in [-0.4, -0.2) is 5.78 Å². The van der Waals surface area contributed by atoms with Crippen molar-refractivity contribution in [3.05, 3.63) is 105 Å². The summed E-state index contributed by atoms with van der Waals surface area (Å²) in [6.45, 7) is 0. The molecule has 0 aromatic heterocycles. The minimum absolute atomic E-state index is 0.0578. The molecule has 0 bridgehead atoms. The Hall–Kier alpha value is -2.35. The van der Waals surface area contributed by atoms with E-state index >= 15 is 0 Å². The Bertz CT molecular complexity index is 930. The molecule has 24 heavy (non-hydrogen) atoms. The van der Waals surface area contributed by atoms with E-state index in [1.54, 1.807) is 6.07 Å². The Morgan fingerprint density at radius 3 is 1.62 bits per heavy atom. The Morgan fingerprint density at radius 2 is 1.12 bits per heavy atom. The lowest BCUT2D eigenvalue weighted by atomic mass is 9.81. The molecule has 3 heteroatoms. The third-order valence-electron chi connectivity index (χ3n) is 4.12. The predicted molar refractivity (Wildman–Crippen MR) is 99.8 cm³/mol. The Labute approximate surface area is 150 Å². The van der Waals surface area contributed by atoms with Crippen molar-refractivity contribution in [3.8, 4) is 0 Å².